The largest absolute Gasteiger partial charge is 0.493 e. The summed E-state index contributed by atoms with van der Waals surface area (Å²) in [6, 6.07) is 3.52. The van der Waals surface area contributed by atoms with Crippen molar-refractivity contribution < 1.29 is 32.5 Å². The number of aromatic nitrogens is 1. The van der Waals surface area contributed by atoms with Gasteiger partial charge in [0.2, 0.25) is 5.01 Å². The van der Waals surface area contributed by atoms with Crippen molar-refractivity contribution in [2.45, 2.75) is 44.7 Å². The van der Waals surface area contributed by atoms with E-state index in [0.717, 1.165) is 37.8 Å². The Morgan fingerprint density at radius 1 is 1.25 bits per heavy atom. The van der Waals surface area contributed by atoms with Crippen LogP contribution in [0.4, 0.5) is 13.2 Å². The molecule has 1 heterocycles. The molecule has 0 bridgehead atoms. The summed E-state index contributed by atoms with van der Waals surface area (Å²) in [5.41, 5.74) is -0.166. The number of carbonyl (C=O) groups is 1. The van der Waals surface area contributed by atoms with Gasteiger partial charge in [-0.1, -0.05) is 30.6 Å². The van der Waals surface area contributed by atoms with Crippen LogP contribution in [0.15, 0.2) is 23.6 Å². The second-order valence-corrected chi connectivity index (χ2v) is 7.88. The summed E-state index contributed by atoms with van der Waals surface area (Å²) < 4.78 is 45.4. The number of alkyl halides is 3. The zero-order chi connectivity index (χ0) is 20.1. The lowest BCUT2D eigenvalue weighted by Crippen LogP contribution is -2.21. The van der Waals surface area contributed by atoms with Crippen molar-refractivity contribution in [3.63, 3.8) is 0 Å². The van der Waals surface area contributed by atoms with E-state index < -0.39 is 17.7 Å². The quantitative estimate of drug-likeness (QED) is 0.719. The molecule has 0 saturated heterocycles. The molecule has 0 aliphatic heterocycles. The third kappa shape index (κ3) is 5.23. The van der Waals surface area contributed by atoms with E-state index in [2.05, 4.69) is 9.82 Å². The Balaban J connectivity index is 1.80. The van der Waals surface area contributed by atoms with E-state index in [1.807, 2.05) is 0 Å². The Morgan fingerprint density at radius 2 is 2.00 bits per heavy atom. The maximum absolute atomic E-state index is 13.1. The number of thiazole rings is 1. The molecule has 0 amide bonds. The molecular weight excluding hydrogens is 393 g/mol. The molecule has 3 N–H and O–H groups in total. The Hall–Kier alpha value is -2.13. The average molecular weight is 415 g/mol. The molecule has 0 atom stereocenters. The average Bonchev–Trinajstić information content (AvgIpc) is 3.15. The van der Waals surface area contributed by atoms with Crippen molar-refractivity contribution >= 4 is 17.3 Å². The molecule has 1 aromatic carbocycles. The van der Waals surface area contributed by atoms with Crippen LogP contribution in [0.1, 0.15) is 58.7 Å². The summed E-state index contributed by atoms with van der Waals surface area (Å²) in [6.07, 6.45) is 1.45. The number of nitrogens with one attached hydrogen (secondary N) is 1. The van der Waals surface area contributed by atoms with E-state index in [9.17, 15) is 18.0 Å². The lowest BCUT2D eigenvalue weighted by Gasteiger charge is -2.22. The molecule has 2 aromatic rings. The van der Waals surface area contributed by atoms with Crippen LogP contribution in [0.3, 0.4) is 0 Å². The van der Waals surface area contributed by atoms with Gasteiger partial charge in [0.15, 0.2) is 0 Å². The number of rotatable bonds is 6. The van der Waals surface area contributed by atoms with Crippen LogP contribution in [-0.2, 0) is 17.4 Å². The van der Waals surface area contributed by atoms with Crippen molar-refractivity contribution in [1.82, 2.24) is 0 Å². The van der Waals surface area contributed by atoms with Crippen LogP contribution in [-0.4, -0.2) is 12.6 Å². The van der Waals surface area contributed by atoms with Gasteiger partial charge in [0.05, 0.1) is 24.0 Å². The van der Waals surface area contributed by atoms with Crippen molar-refractivity contribution in [3.05, 3.63) is 45.4 Å². The first-order valence-electron chi connectivity index (χ1n) is 9.10. The highest BCUT2D eigenvalue weighted by Crippen LogP contribution is 2.34. The van der Waals surface area contributed by atoms with E-state index >= 15 is 0 Å². The minimum Gasteiger partial charge on any atom is -0.493 e. The molecule has 1 fully saturated rings. The lowest BCUT2D eigenvalue weighted by atomic mass is 9.90. The number of halogens is 3. The van der Waals surface area contributed by atoms with E-state index in [1.54, 1.807) is 0 Å². The first-order valence-corrected chi connectivity index (χ1v) is 9.98. The molecule has 5 nitrogen and oxygen atoms in total. The van der Waals surface area contributed by atoms with Gasteiger partial charge in [-0.25, -0.2) is 4.79 Å². The molecule has 1 aliphatic carbocycles. The number of hydrogen-bond acceptors (Lipinski definition) is 5. The van der Waals surface area contributed by atoms with Crippen LogP contribution in [0.2, 0.25) is 0 Å². The van der Waals surface area contributed by atoms with E-state index in [0.29, 0.717) is 28.8 Å². The van der Waals surface area contributed by atoms with Crippen LogP contribution >= 0.6 is 11.3 Å². The van der Waals surface area contributed by atoms with Crippen LogP contribution < -0.4 is 15.6 Å². The summed E-state index contributed by atoms with van der Waals surface area (Å²) in [4.78, 5) is 18.5. The Labute approximate surface area is 164 Å². The highest BCUT2D eigenvalue weighted by molar-refractivity contribution is 7.09. The monoisotopic (exact) mass is 415 g/mol. The molecule has 28 heavy (non-hydrogen) atoms. The minimum absolute atomic E-state index is 0.152. The maximum Gasteiger partial charge on any atom is 0.422 e. The summed E-state index contributed by atoms with van der Waals surface area (Å²) in [7, 11) is 0. The maximum atomic E-state index is 13.1. The number of aromatic amines is 1. The van der Waals surface area contributed by atoms with Gasteiger partial charge < -0.3 is 9.57 Å². The fourth-order valence-corrected chi connectivity index (χ4v) is 4.18. The smallest absolute Gasteiger partial charge is 0.422 e. The van der Waals surface area contributed by atoms with Gasteiger partial charge in [-0.05, 0) is 37.0 Å². The molecule has 152 valence electrons. The summed E-state index contributed by atoms with van der Waals surface area (Å²) in [5.74, 6) is 4.99. The van der Waals surface area contributed by atoms with Crippen LogP contribution in [0, 0.1) is 5.92 Å². The fourth-order valence-electron chi connectivity index (χ4n) is 3.36. The van der Waals surface area contributed by atoms with Crippen molar-refractivity contribution in [2.75, 3.05) is 6.61 Å². The molecule has 9 heteroatoms. The third-order valence-corrected chi connectivity index (χ3v) is 5.74. The number of benzene rings is 1. The molecule has 3 rings (SSSR count). The highest BCUT2D eigenvalue weighted by atomic mass is 32.1. The standard InChI is InChI=1S/C19H21F3N2O3S/c20-19(21,22)14-6-7-16(26-10-12-4-2-1-3-5-12)13(8-14)9-17-24-15(11-28-17)18(25)27-23/h6-8,11-12H,1-5,9-10,23H2/p+1. The van der Waals surface area contributed by atoms with Crippen LogP contribution in [0.25, 0.3) is 0 Å². The van der Waals surface area contributed by atoms with E-state index in [4.69, 9.17) is 10.6 Å². The number of hydrogen-bond donors (Lipinski definition) is 1. The predicted molar refractivity (Wildman–Crippen MR) is 96.8 cm³/mol. The van der Waals surface area contributed by atoms with Gasteiger partial charge in [-0.15, -0.1) is 0 Å². The van der Waals surface area contributed by atoms with Gasteiger partial charge >= 0.3 is 17.8 Å². The zero-order valence-electron chi connectivity index (χ0n) is 15.2. The zero-order valence-corrected chi connectivity index (χ0v) is 16.0. The van der Waals surface area contributed by atoms with Crippen molar-refractivity contribution in [1.29, 1.82) is 0 Å². The molecule has 1 aromatic heterocycles. The third-order valence-electron chi connectivity index (χ3n) is 4.86. The number of H-pyrrole nitrogens is 1. The normalized spacial score (nSPS) is 15.4. The fraction of sp³-hybridized carbons (Fsp3) is 0.474. The van der Waals surface area contributed by atoms with Gasteiger partial charge in [0, 0.05) is 5.56 Å². The Morgan fingerprint density at radius 3 is 2.68 bits per heavy atom. The number of ether oxygens (including phenoxy) is 1. The highest BCUT2D eigenvalue weighted by Gasteiger charge is 2.32. The first kappa shape index (κ1) is 20.6. The van der Waals surface area contributed by atoms with Gasteiger partial charge in [-0.3, -0.25) is 0 Å². The topological polar surface area (TPSA) is 75.7 Å². The second-order valence-electron chi connectivity index (χ2n) is 6.91. The van der Waals surface area contributed by atoms with Crippen molar-refractivity contribution in [3.8, 4) is 5.75 Å². The number of nitrogens with two attached hydrogens (primary N) is 1. The van der Waals surface area contributed by atoms with Crippen LogP contribution in [0.5, 0.6) is 5.75 Å². The second kappa shape index (κ2) is 8.91. The van der Waals surface area contributed by atoms with E-state index in [-0.39, 0.29) is 12.1 Å². The number of carbonyl (C=O) groups excluding carboxylic acids is 1. The summed E-state index contributed by atoms with van der Waals surface area (Å²) in [6.45, 7) is 0.497. The van der Waals surface area contributed by atoms with Crippen molar-refractivity contribution in [2.24, 2.45) is 11.8 Å². The molecule has 0 unspecified atom stereocenters. The van der Waals surface area contributed by atoms with Gasteiger partial charge in [0.25, 0.3) is 0 Å². The SMILES string of the molecule is NOC(=O)c1csc(Cc2cc(C(F)(F)F)ccc2OCC2CCCCC2)[nH+]1. The molecular formula is C19H22F3N2O3S+. The lowest BCUT2D eigenvalue weighted by molar-refractivity contribution is -0.387. The Kier molecular flexibility index (Phi) is 6.56. The van der Waals surface area contributed by atoms with Gasteiger partial charge in [-0.2, -0.15) is 24.1 Å². The first-order chi connectivity index (χ1) is 13.4. The Bertz CT molecular complexity index is 817. The summed E-state index contributed by atoms with van der Waals surface area (Å²) in [5, 5.41) is 2.11. The molecule has 0 radical (unpaired) electrons. The van der Waals surface area contributed by atoms with E-state index in [1.165, 1.54) is 29.2 Å². The minimum atomic E-state index is -4.44. The summed E-state index contributed by atoms with van der Waals surface area (Å²) >= 11 is 1.21. The molecule has 0 spiro atoms. The predicted octanol–water partition coefficient (Wildman–Crippen LogP) is 4.16. The van der Waals surface area contributed by atoms with Gasteiger partial charge in [0.1, 0.15) is 5.75 Å². The molecule has 1 aliphatic rings. The molecule has 1 saturated carbocycles.